The SMILES string of the molecule is CCNc1cc(Nc2c(F)cccc2Cl)nc(C)n1. The van der Waals surface area contributed by atoms with E-state index in [9.17, 15) is 4.39 Å². The normalized spacial score (nSPS) is 10.3. The topological polar surface area (TPSA) is 49.8 Å². The van der Waals surface area contributed by atoms with E-state index in [1.807, 2.05) is 6.92 Å². The number of hydrogen-bond acceptors (Lipinski definition) is 4. The molecule has 100 valence electrons. The largest absolute Gasteiger partial charge is 0.370 e. The summed E-state index contributed by atoms with van der Waals surface area (Å²) < 4.78 is 13.7. The highest BCUT2D eigenvalue weighted by molar-refractivity contribution is 6.33. The van der Waals surface area contributed by atoms with Gasteiger partial charge >= 0.3 is 0 Å². The van der Waals surface area contributed by atoms with Crippen LogP contribution >= 0.6 is 11.6 Å². The van der Waals surface area contributed by atoms with Gasteiger partial charge in [-0.15, -0.1) is 0 Å². The lowest BCUT2D eigenvalue weighted by Gasteiger charge is -2.11. The summed E-state index contributed by atoms with van der Waals surface area (Å²) in [6.45, 7) is 4.49. The third-order valence-corrected chi connectivity index (χ3v) is 2.73. The number of benzene rings is 1. The quantitative estimate of drug-likeness (QED) is 0.895. The maximum Gasteiger partial charge on any atom is 0.148 e. The van der Waals surface area contributed by atoms with E-state index in [-0.39, 0.29) is 5.69 Å². The first kappa shape index (κ1) is 13.5. The molecule has 0 radical (unpaired) electrons. The third kappa shape index (κ3) is 3.32. The van der Waals surface area contributed by atoms with Crippen LogP contribution in [0.1, 0.15) is 12.7 Å². The highest BCUT2D eigenvalue weighted by atomic mass is 35.5. The van der Waals surface area contributed by atoms with Crippen molar-refractivity contribution in [3.63, 3.8) is 0 Å². The molecule has 19 heavy (non-hydrogen) atoms. The average Bonchev–Trinajstić information content (AvgIpc) is 2.34. The second kappa shape index (κ2) is 5.84. The minimum atomic E-state index is -0.422. The second-order valence-electron chi connectivity index (χ2n) is 3.94. The van der Waals surface area contributed by atoms with Gasteiger partial charge in [0.15, 0.2) is 0 Å². The Balaban J connectivity index is 2.33. The fourth-order valence-corrected chi connectivity index (χ4v) is 1.86. The molecule has 0 bridgehead atoms. The first-order valence-electron chi connectivity index (χ1n) is 5.90. The van der Waals surface area contributed by atoms with Gasteiger partial charge in [0.05, 0.1) is 10.7 Å². The van der Waals surface area contributed by atoms with Crippen LogP contribution in [0.15, 0.2) is 24.3 Å². The van der Waals surface area contributed by atoms with Gasteiger partial charge < -0.3 is 10.6 Å². The molecule has 1 aromatic heterocycles. The molecular weight excluding hydrogens is 267 g/mol. The van der Waals surface area contributed by atoms with Crippen LogP contribution in [0.3, 0.4) is 0 Å². The first-order chi connectivity index (χ1) is 9.10. The molecule has 2 rings (SSSR count). The summed E-state index contributed by atoms with van der Waals surface area (Å²) in [7, 11) is 0. The van der Waals surface area contributed by atoms with Gasteiger partial charge in [-0.2, -0.15) is 0 Å². The molecule has 0 unspecified atom stereocenters. The molecule has 2 N–H and O–H groups in total. The van der Waals surface area contributed by atoms with Crippen LogP contribution in [-0.4, -0.2) is 16.5 Å². The number of nitrogens with one attached hydrogen (secondary N) is 2. The van der Waals surface area contributed by atoms with E-state index < -0.39 is 5.82 Å². The summed E-state index contributed by atoms with van der Waals surface area (Å²) in [4.78, 5) is 8.43. The van der Waals surface area contributed by atoms with E-state index in [1.165, 1.54) is 6.07 Å². The van der Waals surface area contributed by atoms with Gasteiger partial charge in [0.2, 0.25) is 0 Å². The predicted octanol–water partition coefficient (Wildman–Crippen LogP) is 3.75. The van der Waals surface area contributed by atoms with Crippen LogP contribution in [0.5, 0.6) is 0 Å². The zero-order valence-corrected chi connectivity index (χ0v) is 11.4. The third-order valence-electron chi connectivity index (χ3n) is 2.41. The molecule has 0 aliphatic rings. The van der Waals surface area contributed by atoms with Gasteiger partial charge in [-0.1, -0.05) is 17.7 Å². The Labute approximate surface area is 116 Å². The Morgan fingerprint density at radius 1 is 1.26 bits per heavy atom. The van der Waals surface area contributed by atoms with Gasteiger partial charge in [-0.25, -0.2) is 14.4 Å². The number of hydrogen-bond donors (Lipinski definition) is 2. The van der Waals surface area contributed by atoms with Gasteiger partial charge in [-0.05, 0) is 26.0 Å². The van der Waals surface area contributed by atoms with Crippen molar-refractivity contribution >= 4 is 28.9 Å². The Bertz CT molecular complexity index is 569. The maximum absolute atomic E-state index is 13.7. The second-order valence-corrected chi connectivity index (χ2v) is 4.34. The van der Waals surface area contributed by atoms with E-state index in [0.717, 1.165) is 6.54 Å². The number of nitrogens with zero attached hydrogens (tertiary/aromatic N) is 2. The van der Waals surface area contributed by atoms with Crippen molar-refractivity contribution in [2.75, 3.05) is 17.2 Å². The summed E-state index contributed by atoms with van der Waals surface area (Å²) in [6.07, 6.45) is 0. The van der Waals surface area contributed by atoms with Crippen LogP contribution in [0.2, 0.25) is 5.02 Å². The summed E-state index contributed by atoms with van der Waals surface area (Å²) in [5.41, 5.74) is 0.213. The molecule has 0 aliphatic carbocycles. The van der Waals surface area contributed by atoms with Gasteiger partial charge in [-0.3, -0.25) is 0 Å². The number of aryl methyl sites for hydroxylation is 1. The maximum atomic E-state index is 13.7. The molecule has 1 heterocycles. The number of rotatable bonds is 4. The number of halogens is 2. The molecule has 0 atom stereocenters. The minimum absolute atomic E-state index is 0.213. The average molecular weight is 281 g/mol. The van der Waals surface area contributed by atoms with E-state index in [1.54, 1.807) is 25.1 Å². The van der Waals surface area contributed by atoms with Crippen LogP contribution in [0.4, 0.5) is 21.7 Å². The monoisotopic (exact) mass is 280 g/mol. The summed E-state index contributed by atoms with van der Waals surface area (Å²) >= 11 is 5.96. The molecule has 1 aromatic carbocycles. The highest BCUT2D eigenvalue weighted by Gasteiger charge is 2.09. The highest BCUT2D eigenvalue weighted by Crippen LogP contribution is 2.27. The minimum Gasteiger partial charge on any atom is -0.370 e. The zero-order chi connectivity index (χ0) is 13.8. The predicted molar refractivity (Wildman–Crippen MR) is 75.6 cm³/mol. The van der Waals surface area contributed by atoms with E-state index in [2.05, 4.69) is 20.6 Å². The summed E-state index contributed by atoms with van der Waals surface area (Å²) in [6, 6.07) is 6.22. The Morgan fingerprint density at radius 2 is 2.00 bits per heavy atom. The molecule has 0 amide bonds. The Kier molecular flexibility index (Phi) is 4.16. The molecule has 0 spiro atoms. The van der Waals surface area contributed by atoms with Crippen molar-refractivity contribution < 1.29 is 4.39 Å². The van der Waals surface area contributed by atoms with Crippen molar-refractivity contribution in [2.24, 2.45) is 0 Å². The fourth-order valence-electron chi connectivity index (χ4n) is 1.65. The van der Waals surface area contributed by atoms with Gasteiger partial charge in [0, 0.05) is 12.6 Å². The number of aromatic nitrogens is 2. The molecule has 2 aromatic rings. The molecule has 0 fully saturated rings. The lowest BCUT2D eigenvalue weighted by molar-refractivity contribution is 0.632. The molecular formula is C13H14ClFN4. The lowest BCUT2D eigenvalue weighted by atomic mass is 10.3. The smallest absolute Gasteiger partial charge is 0.148 e. The number of anilines is 3. The van der Waals surface area contributed by atoms with Crippen LogP contribution in [0, 0.1) is 12.7 Å². The number of para-hydroxylation sites is 1. The molecule has 6 heteroatoms. The van der Waals surface area contributed by atoms with Crippen molar-refractivity contribution in [1.29, 1.82) is 0 Å². The van der Waals surface area contributed by atoms with Crippen LogP contribution in [0.25, 0.3) is 0 Å². The van der Waals surface area contributed by atoms with Crippen molar-refractivity contribution in [3.05, 3.63) is 40.9 Å². The molecule has 4 nitrogen and oxygen atoms in total. The summed E-state index contributed by atoms with van der Waals surface area (Å²) in [5.74, 6) is 1.35. The van der Waals surface area contributed by atoms with E-state index in [0.29, 0.717) is 22.5 Å². The standard InChI is InChI=1S/C13H14ClFN4/c1-3-16-11-7-12(18-8(2)17-11)19-13-9(14)5-4-6-10(13)15/h4-7H,3H2,1-2H3,(H2,16,17,18,19). The van der Waals surface area contributed by atoms with Crippen molar-refractivity contribution in [1.82, 2.24) is 9.97 Å². The Morgan fingerprint density at radius 3 is 2.68 bits per heavy atom. The first-order valence-corrected chi connectivity index (χ1v) is 6.28. The zero-order valence-electron chi connectivity index (χ0n) is 10.7. The van der Waals surface area contributed by atoms with Crippen molar-refractivity contribution in [2.45, 2.75) is 13.8 Å². The van der Waals surface area contributed by atoms with Crippen molar-refractivity contribution in [3.8, 4) is 0 Å². The van der Waals surface area contributed by atoms with Crippen LogP contribution in [-0.2, 0) is 0 Å². The van der Waals surface area contributed by atoms with E-state index in [4.69, 9.17) is 11.6 Å². The van der Waals surface area contributed by atoms with E-state index >= 15 is 0 Å². The lowest BCUT2D eigenvalue weighted by Crippen LogP contribution is -2.04. The van der Waals surface area contributed by atoms with Crippen LogP contribution < -0.4 is 10.6 Å². The Hall–Kier alpha value is -1.88. The molecule has 0 aliphatic heterocycles. The fraction of sp³-hybridized carbons (Fsp3) is 0.231. The van der Waals surface area contributed by atoms with Gasteiger partial charge in [0.25, 0.3) is 0 Å². The summed E-state index contributed by atoms with van der Waals surface area (Å²) in [5, 5.41) is 6.27. The van der Waals surface area contributed by atoms with Gasteiger partial charge in [0.1, 0.15) is 23.3 Å². The molecule has 0 saturated carbocycles. The molecule has 0 saturated heterocycles.